The van der Waals surface area contributed by atoms with Crippen LogP contribution in [-0.4, -0.2) is 18.1 Å². The molecule has 3 rings (SSSR count). The molecule has 0 spiro atoms. The van der Waals surface area contributed by atoms with E-state index >= 15 is 0 Å². The summed E-state index contributed by atoms with van der Waals surface area (Å²) in [5, 5.41) is 3.40. The average Bonchev–Trinajstić information content (AvgIpc) is 2.69. The molecule has 4 nitrogen and oxygen atoms in total. The van der Waals surface area contributed by atoms with E-state index in [0.717, 1.165) is 37.0 Å². The van der Waals surface area contributed by atoms with Crippen molar-refractivity contribution in [2.24, 2.45) is 0 Å². The van der Waals surface area contributed by atoms with Crippen LogP contribution in [0, 0.1) is 13.8 Å². The fourth-order valence-corrected chi connectivity index (χ4v) is 2.28. The van der Waals surface area contributed by atoms with Gasteiger partial charge in [0, 0.05) is 13.1 Å². The van der Waals surface area contributed by atoms with Crippen molar-refractivity contribution in [2.75, 3.05) is 23.3 Å². The summed E-state index contributed by atoms with van der Waals surface area (Å²) in [5.74, 6) is 1.70. The predicted molar refractivity (Wildman–Crippen MR) is 86.5 cm³/mol. The van der Waals surface area contributed by atoms with Crippen molar-refractivity contribution in [2.45, 2.75) is 20.4 Å². The third-order valence-corrected chi connectivity index (χ3v) is 3.34. The highest BCUT2D eigenvalue weighted by molar-refractivity contribution is 5.85. The van der Waals surface area contributed by atoms with Crippen LogP contribution in [0.3, 0.4) is 0 Å². The van der Waals surface area contributed by atoms with Gasteiger partial charge in [-0.15, -0.1) is 24.8 Å². The smallest absolute Gasteiger partial charge is 0.214 e. The van der Waals surface area contributed by atoms with Crippen molar-refractivity contribution >= 4 is 36.2 Å². The van der Waals surface area contributed by atoms with Gasteiger partial charge in [-0.3, -0.25) is 0 Å². The van der Waals surface area contributed by atoms with Crippen molar-refractivity contribution in [1.82, 2.24) is 4.98 Å². The van der Waals surface area contributed by atoms with Gasteiger partial charge in [0.25, 0.3) is 0 Å². The molecule has 0 atom stereocenters. The number of hydrogen-bond acceptors (Lipinski definition) is 4. The minimum atomic E-state index is 0. The molecule has 0 radical (unpaired) electrons. The van der Waals surface area contributed by atoms with Gasteiger partial charge in [-0.25, -0.2) is 4.98 Å². The highest BCUT2D eigenvalue weighted by atomic mass is 35.5. The molecule has 0 saturated heterocycles. The van der Waals surface area contributed by atoms with Crippen LogP contribution in [0.4, 0.5) is 11.4 Å². The van der Waals surface area contributed by atoms with E-state index in [1.165, 1.54) is 11.4 Å². The van der Waals surface area contributed by atoms with Gasteiger partial charge < -0.3 is 14.6 Å². The number of anilines is 2. The first-order valence-corrected chi connectivity index (χ1v) is 6.25. The van der Waals surface area contributed by atoms with Crippen molar-refractivity contribution < 1.29 is 4.42 Å². The number of nitrogens with zero attached hydrogens (tertiary/aromatic N) is 2. The summed E-state index contributed by atoms with van der Waals surface area (Å²) < 4.78 is 5.66. The maximum atomic E-state index is 5.66. The number of aryl methyl sites for hydroxylation is 2. The lowest BCUT2D eigenvalue weighted by Crippen LogP contribution is -2.33. The molecule has 1 N–H and O–H groups in total. The van der Waals surface area contributed by atoms with Gasteiger partial charge in [-0.05, 0) is 26.0 Å². The third-order valence-electron chi connectivity index (χ3n) is 3.34. The maximum absolute atomic E-state index is 5.66. The Bertz CT molecular complexity index is 552. The number of oxazole rings is 1. The predicted octanol–water partition coefficient (Wildman–Crippen LogP) is 3.57. The van der Waals surface area contributed by atoms with Gasteiger partial charge in [0.15, 0.2) is 0 Å². The first kappa shape index (κ1) is 16.7. The zero-order chi connectivity index (χ0) is 12.5. The first-order valence-electron chi connectivity index (χ1n) is 6.25. The lowest BCUT2D eigenvalue weighted by atomic mass is 10.2. The normalized spacial score (nSPS) is 12.8. The second-order valence-corrected chi connectivity index (χ2v) is 4.61. The Morgan fingerprint density at radius 1 is 1.25 bits per heavy atom. The molecule has 1 aromatic carbocycles. The van der Waals surface area contributed by atoms with Crippen LogP contribution in [0.5, 0.6) is 0 Å². The van der Waals surface area contributed by atoms with E-state index in [9.17, 15) is 0 Å². The second kappa shape index (κ2) is 6.86. The van der Waals surface area contributed by atoms with E-state index in [0.29, 0.717) is 0 Å². The number of nitrogens with one attached hydrogen (secondary N) is 1. The molecule has 0 amide bonds. The van der Waals surface area contributed by atoms with Crippen LogP contribution in [-0.2, 0) is 6.54 Å². The molecule has 1 aromatic heterocycles. The van der Waals surface area contributed by atoms with Crippen LogP contribution in [0.15, 0.2) is 28.7 Å². The number of hydrogen-bond donors (Lipinski definition) is 1. The molecule has 0 fully saturated rings. The van der Waals surface area contributed by atoms with Crippen molar-refractivity contribution in [3.63, 3.8) is 0 Å². The minimum Gasteiger partial charge on any atom is -0.444 e. The Balaban J connectivity index is 0.000001000. The Morgan fingerprint density at radius 2 is 2.00 bits per heavy atom. The Kier molecular flexibility index (Phi) is 5.72. The maximum Gasteiger partial charge on any atom is 0.214 e. The number of rotatable bonds is 2. The molecular formula is C14H19Cl2N3O. The molecule has 2 aromatic rings. The van der Waals surface area contributed by atoms with E-state index in [1.54, 1.807) is 0 Å². The average molecular weight is 316 g/mol. The molecule has 6 heteroatoms. The Hall–Kier alpha value is -1.39. The number of aromatic nitrogens is 1. The number of fused-ring (bicyclic) bond motifs is 1. The molecule has 0 bridgehead atoms. The molecule has 0 aliphatic carbocycles. The van der Waals surface area contributed by atoms with Gasteiger partial charge >= 0.3 is 0 Å². The largest absolute Gasteiger partial charge is 0.444 e. The summed E-state index contributed by atoms with van der Waals surface area (Å²) in [5.41, 5.74) is 3.38. The van der Waals surface area contributed by atoms with Crippen molar-refractivity contribution in [3.05, 3.63) is 41.6 Å². The lowest BCUT2D eigenvalue weighted by Gasteiger charge is -2.30. The van der Waals surface area contributed by atoms with Crippen LogP contribution in [0.25, 0.3) is 0 Å². The van der Waals surface area contributed by atoms with Crippen LogP contribution in [0.2, 0.25) is 0 Å². The van der Waals surface area contributed by atoms with Gasteiger partial charge in [0.1, 0.15) is 5.76 Å². The molecule has 2 heterocycles. The van der Waals surface area contributed by atoms with E-state index < -0.39 is 0 Å². The Labute approximate surface area is 131 Å². The molecule has 20 heavy (non-hydrogen) atoms. The Morgan fingerprint density at radius 3 is 2.70 bits per heavy atom. The lowest BCUT2D eigenvalue weighted by molar-refractivity contribution is 0.465. The number of para-hydroxylation sites is 2. The first-order chi connectivity index (χ1) is 8.74. The molecule has 1 aliphatic rings. The van der Waals surface area contributed by atoms with E-state index in [1.807, 2.05) is 13.8 Å². The number of benzene rings is 1. The highest BCUT2D eigenvalue weighted by Gasteiger charge is 2.18. The van der Waals surface area contributed by atoms with Crippen molar-refractivity contribution in [1.29, 1.82) is 0 Å². The molecule has 110 valence electrons. The topological polar surface area (TPSA) is 41.3 Å². The summed E-state index contributed by atoms with van der Waals surface area (Å²) in [7, 11) is 0. The molecule has 0 unspecified atom stereocenters. The molecule has 0 saturated carbocycles. The fourth-order valence-electron chi connectivity index (χ4n) is 2.28. The van der Waals surface area contributed by atoms with Crippen LogP contribution in [0.1, 0.15) is 17.3 Å². The highest BCUT2D eigenvalue weighted by Crippen LogP contribution is 2.29. The minimum absolute atomic E-state index is 0. The van der Waals surface area contributed by atoms with Gasteiger partial charge in [0.2, 0.25) is 5.89 Å². The zero-order valence-electron chi connectivity index (χ0n) is 11.5. The SMILES string of the molecule is Cc1nc(CN2CCNc3ccccc32)oc1C.Cl.Cl. The number of halogens is 2. The van der Waals surface area contributed by atoms with Crippen LogP contribution < -0.4 is 10.2 Å². The monoisotopic (exact) mass is 315 g/mol. The van der Waals surface area contributed by atoms with Gasteiger partial charge in [-0.2, -0.15) is 0 Å². The fraction of sp³-hybridized carbons (Fsp3) is 0.357. The quantitative estimate of drug-likeness (QED) is 0.920. The molecule has 1 aliphatic heterocycles. The molecular weight excluding hydrogens is 297 g/mol. The standard InChI is InChI=1S/C14H17N3O.2ClH/c1-10-11(2)18-14(16-10)9-17-8-7-15-12-5-3-4-6-13(12)17;;/h3-6,15H,7-9H2,1-2H3;2*1H. The van der Waals surface area contributed by atoms with E-state index in [4.69, 9.17) is 4.42 Å². The summed E-state index contributed by atoms with van der Waals surface area (Å²) >= 11 is 0. The summed E-state index contributed by atoms with van der Waals surface area (Å²) in [6.45, 7) is 6.59. The van der Waals surface area contributed by atoms with Crippen molar-refractivity contribution in [3.8, 4) is 0 Å². The van der Waals surface area contributed by atoms with Crippen LogP contribution >= 0.6 is 24.8 Å². The summed E-state index contributed by atoms with van der Waals surface area (Å²) in [4.78, 5) is 6.75. The van der Waals surface area contributed by atoms with E-state index in [2.05, 4.69) is 39.5 Å². The van der Waals surface area contributed by atoms with Gasteiger partial charge in [0.05, 0.1) is 23.6 Å². The second-order valence-electron chi connectivity index (χ2n) is 4.61. The third kappa shape index (κ3) is 3.19. The van der Waals surface area contributed by atoms with Gasteiger partial charge in [-0.1, -0.05) is 12.1 Å². The summed E-state index contributed by atoms with van der Waals surface area (Å²) in [6, 6.07) is 8.34. The zero-order valence-corrected chi connectivity index (χ0v) is 13.2. The summed E-state index contributed by atoms with van der Waals surface area (Å²) in [6.07, 6.45) is 0. The van der Waals surface area contributed by atoms with E-state index in [-0.39, 0.29) is 24.8 Å².